The number of fused-ring (bicyclic) bond motifs is 1. The SMILES string of the molecule is CCC(C)CC(C)n1c(N)nc2cc(F)c(Br)cc21. The summed E-state index contributed by atoms with van der Waals surface area (Å²) in [5.74, 6) is 0.755. The predicted octanol–water partition coefficient (Wildman–Crippen LogP) is 4.52. The first-order valence-electron chi connectivity index (χ1n) is 6.56. The molecule has 0 bridgehead atoms. The number of anilines is 1. The lowest BCUT2D eigenvalue weighted by atomic mass is 10.00. The van der Waals surface area contributed by atoms with Crippen molar-refractivity contribution in [3.05, 3.63) is 22.4 Å². The summed E-state index contributed by atoms with van der Waals surface area (Å²) in [5.41, 5.74) is 7.47. The van der Waals surface area contributed by atoms with Crippen molar-refractivity contribution in [1.82, 2.24) is 9.55 Å². The molecular formula is C14H19BrFN3. The molecule has 2 rings (SSSR count). The molecule has 0 amide bonds. The molecular weight excluding hydrogens is 309 g/mol. The molecule has 1 aromatic heterocycles. The highest BCUT2D eigenvalue weighted by atomic mass is 79.9. The molecule has 5 heteroatoms. The lowest BCUT2D eigenvalue weighted by Crippen LogP contribution is -2.11. The van der Waals surface area contributed by atoms with Crippen LogP contribution in [0.5, 0.6) is 0 Å². The van der Waals surface area contributed by atoms with Gasteiger partial charge in [0.05, 0.1) is 15.5 Å². The van der Waals surface area contributed by atoms with E-state index in [-0.39, 0.29) is 11.9 Å². The average Bonchev–Trinajstić information content (AvgIpc) is 2.65. The van der Waals surface area contributed by atoms with Gasteiger partial charge in [-0.05, 0) is 41.3 Å². The molecule has 2 N–H and O–H groups in total. The van der Waals surface area contributed by atoms with Crippen molar-refractivity contribution in [2.75, 3.05) is 5.73 Å². The van der Waals surface area contributed by atoms with Gasteiger partial charge in [-0.25, -0.2) is 9.37 Å². The summed E-state index contributed by atoms with van der Waals surface area (Å²) in [5, 5.41) is 0. The monoisotopic (exact) mass is 327 g/mol. The molecule has 104 valence electrons. The van der Waals surface area contributed by atoms with Crippen LogP contribution in [0.25, 0.3) is 11.0 Å². The summed E-state index contributed by atoms with van der Waals surface area (Å²) in [6, 6.07) is 3.42. The van der Waals surface area contributed by atoms with Crippen LogP contribution < -0.4 is 5.73 Å². The molecule has 0 saturated heterocycles. The van der Waals surface area contributed by atoms with Crippen molar-refractivity contribution in [3.8, 4) is 0 Å². The van der Waals surface area contributed by atoms with Crippen molar-refractivity contribution in [1.29, 1.82) is 0 Å². The summed E-state index contributed by atoms with van der Waals surface area (Å²) < 4.78 is 16.0. The molecule has 0 aliphatic heterocycles. The highest BCUT2D eigenvalue weighted by molar-refractivity contribution is 9.10. The average molecular weight is 328 g/mol. The van der Waals surface area contributed by atoms with E-state index in [9.17, 15) is 4.39 Å². The molecule has 1 aromatic carbocycles. The van der Waals surface area contributed by atoms with E-state index in [0.717, 1.165) is 18.4 Å². The van der Waals surface area contributed by atoms with Crippen LogP contribution in [0.2, 0.25) is 0 Å². The van der Waals surface area contributed by atoms with Gasteiger partial charge in [0.25, 0.3) is 0 Å². The minimum absolute atomic E-state index is 0.248. The molecule has 19 heavy (non-hydrogen) atoms. The van der Waals surface area contributed by atoms with E-state index >= 15 is 0 Å². The van der Waals surface area contributed by atoms with Gasteiger partial charge in [-0.1, -0.05) is 20.3 Å². The number of hydrogen-bond acceptors (Lipinski definition) is 2. The summed E-state index contributed by atoms with van der Waals surface area (Å²) >= 11 is 3.22. The van der Waals surface area contributed by atoms with E-state index in [2.05, 4.69) is 41.7 Å². The van der Waals surface area contributed by atoms with E-state index in [4.69, 9.17) is 5.73 Å². The van der Waals surface area contributed by atoms with Crippen molar-refractivity contribution >= 4 is 32.9 Å². The van der Waals surface area contributed by atoms with E-state index in [0.29, 0.717) is 21.9 Å². The minimum atomic E-state index is -0.313. The van der Waals surface area contributed by atoms with Crippen LogP contribution in [0.4, 0.5) is 10.3 Å². The van der Waals surface area contributed by atoms with Crippen LogP contribution in [-0.4, -0.2) is 9.55 Å². The van der Waals surface area contributed by atoms with Crippen LogP contribution in [0.15, 0.2) is 16.6 Å². The van der Waals surface area contributed by atoms with Gasteiger partial charge in [0.2, 0.25) is 5.95 Å². The number of nitrogens with zero attached hydrogens (tertiary/aromatic N) is 2. The number of imidazole rings is 1. The molecule has 0 spiro atoms. The fourth-order valence-corrected chi connectivity index (χ4v) is 2.76. The van der Waals surface area contributed by atoms with Crippen LogP contribution >= 0.6 is 15.9 Å². The zero-order chi connectivity index (χ0) is 14.2. The molecule has 2 aromatic rings. The fourth-order valence-electron chi connectivity index (χ4n) is 2.43. The van der Waals surface area contributed by atoms with Crippen LogP contribution in [0.3, 0.4) is 0 Å². The number of hydrogen-bond donors (Lipinski definition) is 1. The number of rotatable bonds is 4. The maximum Gasteiger partial charge on any atom is 0.201 e. The first-order valence-corrected chi connectivity index (χ1v) is 7.35. The van der Waals surface area contributed by atoms with E-state index in [1.807, 2.05) is 4.57 Å². The zero-order valence-corrected chi connectivity index (χ0v) is 13.0. The van der Waals surface area contributed by atoms with Gasteiger partial charge in [-0.15, -0.1) is 0 Å². The van der Waals surface area contributed by atoms with Crippen molar-refractivity contribution in [3.63, 3.8) is 0 Å². The second-order valence-corrected chi connectivity index (χ2v) is 6.05. The normalized spacial score (nSPS) is 14.8. The van der Waals surface area contributed by atoms with E-state index < -0.39 is 0 Å². The summed E-state index contributed by atoms with van der Waals surface area (Å²) in [4.78, 5) is 4.25. The lowest BCUT2D eigenvalue weighted by Gasteiger charge is -2.19. The standard InChI is InChI=1S/C14H19BrFN3/c1-4-8(2)5-9(3)19-13-6-10(15)11(16)7-12(13)18-14(19)17/h6-9H,4-5H2,1-3H3,(H2,17,18). The Bertz CT molecular complexity index is 594. The molecule has 2 unspecified atom stereocenters. The Morgan fingerprint density at radius 3 is 2.74 bits per heavy atom. The second kappa shape index (κ2) is 5.49. The third kappa shape index (κ3) is 2.76. The molecule has 3 nitrogen and oxygen atoms in total. The van der Waals surface area contributed by atoms with E-state index in [1.54, 1.807) is 6.07 Å². The van der Waals surface area contributed by atoms with Crippen LogP contribution in [-0.2, 0) is 0 Å². The Balaban J connectivity index is 2.47. The predicted molar refractivity (Wildman–Crippen MR) is 80.6 cm³/mol. The Morgan fingerprint density at radius 2 is 2.11 bits per heavy atom. The smallest absolute Gasteiger partial charge is 0.201 e. The maximum atomic E-state index is 13.5. The Labute approximate surface area is 121 Å². The van der Waals surface area contributed by atoms with Gasteiger partial charge < -0.3 is 10.3 Å². The largest absolute Gasteiger partial charge is 0.369 e. The van der Waals surface area contributed by atoms with Gasteiger partial charge in [0.1, 0.15) is 5.82 Å². The molecule has 0 fully saturated rings. The molecule has 0 radical (unpaired) electrons. The third-order valence-corrected chi connectivity index (χ3v) is 4.25. The molecule has 0 aliphatic rings. The minimum Gasteiger partial charge on any atom is -0.369 e. The van der Waals surface area contributed by atoms with Crippen LogP contribution in [0, 0.1) is 11.7 Å². The number of nitrogen functional groups attached to an aromatic ring is 1. The molecule has 0 saturated carbocycles. The van der Waals surface area contributed by atoms with Gasteiger partial charge in [-0.2, -0.15) is 0 Å². The number of halogens is 2. The molecule has 0 aliphatic carbocycles. The van der Waals surface area contributed by atoms with Crippen LogP contribution in [0.1, 0.15) is 39.7 Å². The first-order chi connectivity index (χ1) is 8.93. The Hall–Kier alpha value is -1.10. The van der Waals surface area contributed by atoms with Gasteiger partial charge >= 0.3 is 0 Å². The number of benzene rings is 1. The number of aromatic nitrogens is 2. The van der Waals surface area contributed by atoms with Crippen molar-refractivity contribution in [2.45, 2.75) is 39.7 Å². The summed E-state index contributed by atoms with van der Waals surface area (Å²) in [6.45, 7) is 6.53. The molecule has 1 heterocycles. The quantitative estimate of drug-likeness (QED) is 0.897. The third-order valence-electron chi connectivity index (χ3n) is 3.64. The van der Waals surface area contributed by atoms with E-state index in [1.165, 1.54) is 6.07 Å². The topological polar surface area (TPSA) is 43.8 Å². The van der Waals surface area contributed by atoms with Crippen molar-refractivity contribution < 1.29 is 4.39 Å². The summed E-state index contributed by atoms with van der Waals surface area (Å²) in [6.07, 6.45) is 2.16. The molecule has 2 atom stereocenters. The highest BCUT2D eigenvalue weighted by Gasteiger charge is 2.17. The Morgan fingerprint density at radius 1 is 1.42 bits per heavy atom. The van der Waals surface area contributed by atoms with Gasteiger partial charge in [0, 0.05) is 12.1 Å². The zero-order valence-electron chi connectivity index (χ0n) is 11.5. The van der Waals surface area contributed by atoms with Gasteiger partial charge in [0.15, 0.2) is 0 Å². The second-order valence-electron chi connectivity index (χ2n) is 5.19. The first kappa shape index (κ1) is 14.3. The van der Waals surface area contributed by atoms with Crippen molar-refractivity contribution in [2.24, 2.45) is 5.92 Å². The highest BCUT2D eigenvalue weighted by Crippen LogP contribution is 2.30. The summed E-state index contributed by atoms with van der Waals surface area (Å²) in [7, 11) is 0. The Kier molecular flexibility index (Phi) is 4.13. The fraction of sp³-hybridized carbons (Fsp3) is 0.500. The maximum absolute atomic E-state index is 13.5. The number of nitrogens with two attached hydrogens (primary N) is 1. The lowest BCUT2D eigenvalue weighted by molar-refractivity contribution is 0.407. The van der Waals surface area contributed by atoms with Gasteiger partial charge in [-0.3, -0.25) is 0 Å².